The molecule has 2 aliphatic heterocycles. The molecule has 0 bridgehead atoms. The van der Waals surface area contributed by atoms with Gasteiger partial charge >= 0.3 is 0 Å². The van der Waals surface area contributed by atoms with Crippen molar-refractivity contribution in [1.82, 2.24) is 9.80 Å². The molecule has 1 unspecified atom stereocenters. The molecule has 1 aromatic rings. The van der Waals surface area contributed by atoms with E-state index in [-0.39, 0.29) is 6.10 Å². The summed E-state index contributed by atoms with van der Waals surface area (Å²) in [5.74, 6) is 0.869. The van der Waals surface area contributed by atoms with Crippen LogP contribution < -0.4 is 0 Å². The normalized spacial score (nSPS) is 23.5. The third kappa shape index (κ3) is 4.29. The maximum atomic E-state index is 10.3. The van der Waals surface area contributed by atoms with Gasteiger partial charge in [-0.25, -0.2) is 0 Å². The van der Waals surface area contributed by atoms with Gasteiger partial charge in [-0.2, -0.15) is 0 Å². The minimum absolute atomic E-state index is 0.346. The average Bonchev–Trinajstić information content (AvgIpc) is 3.03. The molecule has 0 amide bonds. The summed E-state index contributed by atoms with van der Waals surface area (Å²) in [6, 6.07) is 10.0. The van der Waals surface area contributed by atoms with Crippen LogP contribution in [0.2, 0.25) is 0 Å². The third-order valence-corrected chi connectivity index (χ3v) is 5.04. The zero-order valence-corrected chi connectivity index (χ0v) is 13.0. The van der Waals surface area contributed by atoms with Crippen molar-refractivity contribution in [2.24, 2.45) is 5.92 Å². The fraction of sp³-hybridized carbons (Fsp3) is 0.667. The van der Waals surface area contributed by atoms with Crippen LogP contribution in [0.4, 0.5) is 0 Å². The molecule has 2 saturated heterocycles. The summed E-state index contributed by atoms with van der Waals surface area (Å²) < 4.78 is 0. The first-order chi connectivity index (χ1) is 10.3. The van der Waals surface area contributed by atoms with Gasteiger partial charge in [-0.3, -0.25) is 0 Å². The third-order valence-electron chi connectivity index (χ3n) is 5.04. The first kappa shape index (κ1) is 15.0. The molecule has 2 heterocycles. The Hall–Kier alpha value is -0.900. The zero-order chi connectivity index (χ0) is 14.5. The van der Waals surface area contributed by atoms with Crippen LogP contribution in [0.1, 0.15) is 37.4 Å². The van der Waals surface area contributed by atoms with Gasteiger partial charge in [0, 0.05) is 13.1 Å². The van der Waals surface area contributed by atoms with E-state index in [1.807, 2.05) is 30.3 Å². The predicted molar refractivity (Wildman–Crippen MR) is 86.2 cm³/mol. The second kappa shape index (κ2) is 7.39. The lowest BCUT2D eigenvalue weighted by Crippen LogP contribution is -2.39. The molecule has 0 aliphatic carbocycles. The van der Waals surface area contributed by atoms with Crippen molar-refractivity contribution in [2.45, 2.75) is 31.8 Å². The highest BCUT2D eigenvalue weighted by Gasteiger charge is 2.24. The molecule has 0 saturated carbocycles. The average molecular weight is 288 g/mol. The van der Waals surface area contributed by atoms with Crippen LogP contribution in [0, 0.1) is 5.92 Å². The summed E-state index contributed by atoms with van der Waals surface area (Å²) in [7, 11) is 0. The molecule has 0 radical (unpaired) electrons. The topological polar surface area (TPSA) is 26.7 Å². The van der Waals surface area contributed by atoms with Crippen LogP contribution in [0.3, 0.4) is 0 Å². The molecule has 21 heavy (non-hydrogen) atoms. The maximum absolute atomic E-state index is 10.3. The van der Waals surface area contributed by atoms with Crippen LogP contribution in [-0.4, -0.2) is 54.2 Å². The molecule has 0 spiro atoms. The van der Waals surface area contributed by atoms with Crippen molar-refractivity contribution in [3.63, 3.8) is 0 Å². The summed E-state index contributed by atoms with van der Waals surface area (Å²) in [6.45, 7) is 6.99. The molecule has 3 nitrogen and oxygen atoms in total. The number of likely N-dealkylation sites (tertiary alicyclic amines) is 2. The fourth-order valence-electron chi connectivity index (χ4n) is 3.71. The van der Waals surface area contributed by atoms with Gasteiger partial charge in [0.2, 0.25) is 0 Å². The highest BCUT2D eigenvalue weighted by molar-refractivity contribution is 5.17. The van der Waals surface area contributed by atoms with Gasteiger partial charge in [0.25, 0.3) is 0 Å². The van der Waals surface area contributed by atoms with E-state index in [4.69, 9.17) is 0 Å². The van der Waals surface area contributed by atoms with Crippen LogP contribution in [0.25, 0.3) is 0 Å². The number of piperidine rings is 1. The Balaban J connectivity index is 1.41. The van der Waals surface area contributed by atoms with E-state index in [2.05, 4.69) is 9.80 Å². The number of hydrogen-bond acceptors (Lipinski definition) is 3. The maximum Gasteiger partial charge on any atom is 0.0916 e. The van der Waals surface area contributed by atoms with Crippen LogP contribution in [0.5, 0.6) is 0 Å². The summed E-state index contributed by atoms with van der Waals surface area (Å²) in [4.78, 5) is 5.07. The zero-order valence-electron chi connectivity index (χ0n) is 13.0. The Morgan fingerprint density at radius 2 is 1.62 bits per heavy atom. The molecule has 2 aliphatic rings. The monoisotopic (exact) mass is 288 g/mol. The van der Waals surface area contributed by atoms with E-state index in [0.717, 1.165) is 31.1 Å². The fourth-order valence-corrected chi connectivity index (χ4v) is 3.71. The van der Waals surface area contributed by atoms with Crippen molar-refractivity contribution in [3.05, 3.63) is 35.9 Å². The lowest BCUT2D eigenvalue weighted by molar-refractivity contribution is 0.0829. The van der Waals surface area contributed by atoms with Gasteiger partial charge in [-0.05, 0) is 63.3 Å². The summed E-state index contributed by atoms with van der Waals surface area (Å²) in [5.41, 5.74) is 1.04. The molecule has 3 heteroatoms. The van der Waals surface area contributed by atoms with Crippen molar-refractivity contribution >= 4 is 0 Å². The Morgan fingerprint density at radius 1 is 0.952 bits per heavy atom. The lowest BCUT2D eigenvalue weighted by Gasteiger charge is -2.34. The number of rotatable bonds is 5. The highest BCUT2D eigenvalue weighted by Crippen LogP contribution is 2.22. The van der Waals surface area contributed by atoms with Gasteiger partial charge in [-0.15, -0.1) is 0 Å². The first-order valence-electron chi connectivity index (χ1n) is 8.49. The van der Waals surface area contributed by atoms with Crippen LogP contribution in [0.15, 0.2) is 30.3 Å². The minimum atomic E-state index is -0.346. The molecule has 1 aromatic carbocycles. The van der Waals surface area contributed by atoms with Gasteiger partial charge < -0.3 is 14.9 Å². The summed E-state index contributed by atoms with van der Waals surface area (Å²) in [6.07, 6.45) is 5.02. The molecule has 116 valence electrons. The van der Waals surface area contributed by atoms with E-state index in [1.54, 1.807) is 0 Å². The largest absolute Gasteiger partial charge is 0.387 e. The van der Waals surface area contributed by atoms with Gasteiger partial charge in [0.15, 0.2) is 0 Å². The Bertz CT molecular complexity index is 408. The SMILES string of the molecule is OC(CN1CCC(CN2CCCC2)CC1)c1ccccc1. The van der Waals surface area contributed by atoms with E-state index >= 15 is 0 Å². The lowest BCUT2D eigenvalue weighted by atomic mass is 9.95. The number of aliphatic hydroxyl groups is 1. The molecular formula is C18H28N2O. The molecule has 2 fully saturated rings. The van der Waals surface area contributed by atoms with Crippen LogP contribution >= 0.6 is 0 Å². The quantitative estimate of drug-likeness (QED) is 0.902. The molecule has 1 N–H and O–H groups in total. The minimum Gasteiger partial charge on any atom is -0.387 e. The van der Waals surface area contributed by atoms with Crippen LogP contribution in [-0.2, 0) is 0 Å². The number of nitrogens with zero attached hydrogens (tertiary/aromatic N) is 2. The molecule has 1 atom stereocenters. The van der Waals surface area contributed by atoms with Crippen molar-refractivity contribution < 1.29 is 5.11 Å². The summed E-state index contributed by atoms with van der Waals surface area (Å²) >= 11 is 0. The number of benzene rings is 1. The summed E-state index contributed by atoms with van der Waals surface area (Å²) in [5, 5.41) is 10.3. The Morgan fingerprint density at radius 3 is 2.29 bits per heavy atom. The Kier molecular flexibility index (Phi) is 5.28. The highest BCUT2D eigenvalue weighted by atomic mass is 16.3. The van der Waals surface area contributed by atoms with Gasteiger partial charge in [0.1, 0.15) is 0 Å². The molecule has 3 rings (SSSR count). The van der Waals surface area contributed by atoms with E-state index in [9.17, 15) is 5.11 Å². The Labute approximate surface area is 128 Å². The molecule has 0 aromatic heterocycles. The van der Waals surface area contributed by atoms with E-state index in [1.165, 1.54) is 45.3 Å². The van der Waals surface area contributed by atoms with Gasteiger partial charge in [-0.1, -0.05) is 30.3 Å². The standard InChI is InChI=1S/C18H28N2O/c21-18(17-6-2-1-3-7-17)15-20-12-8-16(9-13-20)14-19-10-4-5-11-19/h1-3,6-7,16,18,21H,4-5,8-15H2. The molecular weight excluding hydrogens is 260 g/mol. The van der Waals surface area contributed by atoms with Crippen molar-refractivity contribution in [1.29, 1.82) is 0 Å². The van der Waals surface area contributed by atoms with E-state index in [0.29, 0.717) is 0 Å². The smallest absolute Gasteiger partial charge is 0.0916 e. The van der Waals surface area contributed by atoms with Crippen molar-refractivity contribution in [3.8, 4) is 0 Å². The second-order valence-corrected chi connectivity index (χ2v) is 6.68. The number of hydrogen-bond donors (Lipinski definition) is 1. The first-order valence-corrected chi connectivity index (χ1v) is 8.49. The van der Waals surface area contributed by atoms with Crippen molar-refractivity contribution in [2.75, 3.05) is 39.3 Å². The predicted octanol–water partition coefficient (Wildman–Crippen LogP) is 2.53. The number of aliphatic hydroxyl groups excluding tert-OH is 1. The number of β-amino-alcohol motifs (C(OH)–C–C–N with tert-alkyl or cyclic N) is 1. The van der Waals surface area contributed by atoms with Gasteiger partial charge in [0.05, 0.1) is 6.10 Å². The second-order valence-electron chi connectivity index (χ2n) is 6.68. The van der Waals surface area contributed by atoms with E-state index < -0.39 is 0 Å².